The SMILES string of the molecule is CC(=O)N1CCC[C@H]1C(=O)OCCl. The molecule has 74 valence electrons. The molecule has 1 aliphatic rings. The van der Waals surface area contributed by atoms with Crippen molar-refractivity contribution in [3.05, 3.63) is 0 Å². The molecule has 0 aliphatic carbocycles. The van der Waals surface area contributed by atoms with Gasteiger partial charge in [0, 0.05) is 13.5 Å². The Kier molecular flexibility index (Phi) is 3.54. The lowest BCUT2D eigenvalue weighted by molar-refractivity contribution is -0.151. The number of halogens is 1. The number of carbonyl (C=O) groups is 2. The molecule has 0 bridgehead atoms. The highest BCUT2D eigenvalue weighted by Gasteiger charge is 2.33. The zero-order valence-electron chi connectivity index (χ0n) is 7.46. The van der Waals surface area contributed by atoms with Crippen LogP contribution in [0.4, 0.5) is 0 Å². The highest BCUT2D eigenvalue weighted by molar-refractivity contribution is 6.17. The van der Waals surface area contributed by atoms with Gasteiger partial charge in [0.25, 0.3) is 0 Å². The number of ether oxygens (including phenoxy) is 1. The summed E-state index contributed by atoms with van der Waals surface area (Å²) in [5.41, 5.74) is 0. The Labute approximate surface area is 81.8 Å². The van der Waals surface area contributed by atoms with Crippen molar-refractivity contribution in [2.45, 2.75) is 25.8 Å². The quantitative estimate of drug-likeness (QED) is 0.494. The molecule has 1 atom stereocenters. The average molecular weight is 206 g/mol. The van der Waals surface area contributed by atoms with E-state index in [1.807, 2.05) is 0 Å². The third-order valence-electron chi connectivity index (χ3n) is 2.13. The summed E-state index contributed by atoms with van der Waals surface area (Å²) in [6, 6.07) is -0.572. The zero-order valence-corrected chi connectivity index (χ0v) is 8.21. The lowest BCUT2D eigenvalue weighted by atomic mass is 10.2. The van der Waals surface area contributed by atoms with Crippen LogP contribution in [-0.4, -0.2) is 35.4 Å². The van der Waals surface area contributed by atoms with Crippen LogP contribution in [0.2, 0.25) is 0 Å². The molecular formula is C8H12ClNO3. The fourth-order valence-electron chi connectivity index (χ4n) is 1.54. The molecule has 0 aromatic carbocycles. The van der Waals surface area contributed by atoms with Crippen molar-refractivity contribution in [2.24, 2.45) is 0 Å². The van der Waals surface area contributed by atoms with Crippen LogP contribution in [0.5, 0.6) is 0 Å². The Morgan fingerprint density at radius 1 is 1.62 bits per heavy atom. The summed E-state index contributed by atoms with van der Waals surface area (Å²) in [6.45, 7) is 2.09. The van der Waals surface area contributed by atoms with Crippen LogP contribution in [0.3, 0.4) is 0 Å². The molecule has 1 aliphatic heterocycles. The number of amides is 1. The number of rotatable bonds is 2. The van der Waals surface area contributed by atoms with Crippen molar-refractivity contribution >= 4 is 23.5 Å². The molecule has 0 saturated carbocycles. The van der Waals surface area contributed by atoms with E-state index in [4.69, 9.17) is 11.6 Å². The van der Waals surface area contributed by atoms with Gasteiger partial charge in [-0.1, -0.05) is 11.6 Å². The molecule has 13 heavy (non-hydrogen) atoms. The van der Waals surface area contributed by atoms with E-state index in [1.54, 1.807) is 0 Å². The summed E-state index contributed by atoms with van der Waals surface area (Å²) >= 11 is 5.26. The van der Waals surface area contributed by atoms with Crippen molar-refractivity contribution in [1.29, 1.82) is 0 Å². The fraction of sp³-hybridized carbons (Fsp3) is 0.750. The van der Waals surface area contributed by atoms with Crippen LogP contribution in [0, 0.1) is 0 Å². The number of likely N-dealkylation sites (tertiary alicyclic amines) is 1. The molecule has 1 amide bonds. The van der Waals surface area contributed by atoms with E-state index in [-0.39, 0.29) is 12.0 Å². The topological polar surface area (TPSA) is 46.6 Å². The summed E-state index contributed by atoms with van der Waals surface area (Å²) in [5, 5.41) is 0. The van der Waals surface area contributed by atoms with Crippen LogP contribution < -0.4 is 0 Å². The molecule has 1 rings (SSSR count). The molecule has 1 heterocycles. The van der Waals surface area contributed by atoms with Gasteiger partial charge in [-0.05, 0) is 12.8 Å². The summed E-state index contributed by atoms with van der Waals surface area (Å²) in [7, 11) is 0. The minimum absolute atomic E-state index is 0.0889. The maximum atomic E-state index is 11.3. The van der Waals surface area contributed by atoms with Crippen molar-refractivity contribution in [2.75, 3.05) is 12.6 Å². The molecular weight excluding hydrogens is 194 g/mol. The molecule has 0 spiro atoms. The second kappa shape index (κ2) is 4.46. The van der Waals surface area contributed by atoms with Crippen molar-refractivity contribution in [3.8, 4) is 0 Å². The van der Waals surface area contributed by atoms with Gasteiger partial charge < -0.3 is 9.64 Å². The third-order valence-corrected chi connectivity index (χ3v) is 2.24. The first-order chi connectivity index (χ1) is 6.16. The highest BCUT2D eigenvalue weighted by Crippen LogP contribution is 2.18. The number of carbonyl (C=O) groups excluding carboxylic acids is 2. The monoisotopic (exact) mass is 205 g/mol. The maximum Gasteiger partial charge on any atom is 0.330 e. The van der Waals surface area contributed by atoms with Gasteiger partial charge in [-0.25, -0.2) is 4.79 Å². The lowest BCUT2D eigenvalue weighted by Gasteiger charge is -2.20. The van der Waals surface area contributed by atoms with Gasteiger partial charge in [-0.3, -0.25) is 4.79 Å². The zero-order chi connectivity index (χ0) is 9.84. The van der Waals surface area contributed by atoms with Gasteiger partial charge in [-0.2, -0.15) is 0 Å². The number of hydrogen-bond donors (Lipinski definition) is 0. The Morgan fingerprint density at radius 2 is 2.31 bits per heavy atom. The van der Waals surface area contributed by atoms with Crippen LogP contribution in [0.25, 0.3) is 0 Å². The van der Waals surface area contributed by atoms with Crippen molar-refractivity contribution < 1.29 is 14.3 Å². The van der Waals surface area contributed by atoms with Crippen LogP contribution in [0.1, 0.15) is 19.8 Å². The van der Waals surface area contributed by atoms with Gasteiger partial charge in [0.2, 0.25) is 5.91 Å². The molecule has 4 nitrogen and oxygen atoms in total. The number of esters is 1. The molecule has 5 heteroatoms. The smallest absolute Gasteiger partial charge is 0.330 e. The second-order valence-corrected chi connectivity index (χ2v) is 3.16. The Balaban J connectivity index is 2.57. The van der Waals surface area contributed by atoms with Crippen molar-refractivity contribution in [1.82, 2.24) is 4.90 Å². The van der Waals surface area contributed by atoms with E-state index < -0.39 is 12.0 Å². The predicted molar refractivity (Wildman–Crippen MR) is 47.2 cm³/mol. The van der Waals surface area contributed by atoms with E-state index in [1.165, 1.54) is 11.8 Å². The van der Waals surface area contributed by atoms with E-state index in [2.05, 4.69) is 4.74 Å². The standard InChI is InChI=1S/C8H12ClNO3/c1-6(11)10-4-2-3-7(10)8(12)13-5-9/h7H,2-5H2,1H3/t7-/m0/s1. The van der Waals surface area contributed by atoms with Crippen LogP contribution in [0.15, 0.2) is 0 Å². The Hall–Kier alpha value is -0.770. The first-order valence-electron chi connectivity index (χ1n) is 4.16. The normalized spacial score (nSPS) is 21.7. The van der Waals surface area contributed by atoms with Gasteiger partial charge in [-0.15, -0.1) is 0 Å². The molecule has 1 fully saturated rings. The fourth-order valence-corrected chi connectivity index (χ4v) is 1.65. The number of hydrogen-bond acceptors (Lipinski definition) is 3. The van der Waals surface area contributed by atoms with E-state index in [0.29, 0.717) is 13.0 Å². The molecule has 0 unspecified atom stereocenters. The summed E-state index contributed by atoms with van der Waals surface area (Å²) in [5.74, 6) is -0.489. The maximum absolute atomic E-state index is 11.3. The lowest BCUT2D eigenvalue weighted by Crippen LogP contribution is -2.40. The van der Waals surface area contributed by atoms with E-state index >= 15 is 0 Å². The average Bonchev–Trinajstić information content (AvgIpc) is 2.52. The van der Waals surface area contributed by atoms with Crippen LogP contribution >= 0.6 is 11.6 Å². The number of alkyl halides is 1. The minimum Gasteiger partial charge on any atom is -0.448 e. The van der Waals surface area contributed by atoms with E-state index in [9.17, 15) is 9.59 Å². The molecule has 0 aromatic rings. The predicted octanol–water partition coefficient (Wildman–Crippen LogP) is 0.737. The Bertz CT molecular complexity index is 219. The molecule has 0 aromatic heterocycles. The minimum atomic E-state index is -0.420. The summed E-state index contributed by atoms with van der Waals surface area (Å²) in [6.07, 6.45) is 1.52. The second-order valence-electron chi connectivity index (χ2n) is 2.94. The summed E-state index contributed by atoms with van der Waals surface area (Å²) in [4.78, 5) is 23.8. The highest BCUT2D eigenvalue weighted by atomic mass is 35.5. The Morgan fingerprint density at radius 3 is 2.85 bits per heavy atom. The third kappa shape index (κ3) is 2.34. The van der Waals surface area contributed by atoms with E-state index in [0.717, 1.165) is 6.42 Å². The number of nitrogens with zero attached hydrogens (tertiary/aromatic N) is 1. The molecule has 0 N–H and O–H groups in total. The van der Waals surface area contributed by atoms with Gasteiger partial charge in [0.1, 0.15) is 6.04 Å². The van der Waals surface area contributed by atoms with Crippen LogP contribution in [-0.2, 0) is 14.3 Å². The van der Waals surface area contributed by atoms with Gasteiger partial charge in [0.15, 0.2) is 6.07 Å². The first-order valence-corrected chi connectivity index (χ1v) is 4.70. The first kappa shape index (κ1) is 10.3. The largest absolute Gasteiger partial charge is 0.448 e. The molecule has 1 saturated heterocycles. The van der Waals surface area contributed by atoms with Gasteiger partial charge >= 0.3 is 5.97 Å². The van der Waals surface area contributed by atoms with Gasteiger partial charge in [0.05, 0.1) is 0 Å². The van der Waals surface area contributed by atoms with Crippen molar-refractivity contribution in [3.63, 3.8) is 0 Å². The summed E-state index contributed by atoms with van der Waals surface area (Å²) < 4.78 is 4.64. The molecule has 0 radical (unpaired) electrons.